The van der Waals surface area contributed by atoms with Gasteiger partial charge >= 0.3 is 0 Å². The molecule has 2 bridgehead atoms. The molecule has 0 aromatic carbocycles. The van der Waals surface area contributed by atoms with Crippen LogP contribution in [-0.4, -0.2) is 19.0 Å². The van der Waals surface area contributed by atoms with E-state index in [0.717, 1.165) is 16.8 Å². The van der Waals surface area contributed by atoms with Gasteiger partial charge in [-0.25, -0.2) is 0 Å². The monoisotopic (exact) mass is 208 g/mol. The van der Waals surface area contributed by atoms with Crippen LogP contribution in [-0.2, 0) is 0 Å². The maximum absolute atomic E-state index is 4.25. The molecule has 2 heteroatoms. The molecular weight excluding hydrogens is 196 g/mol. The second-order valence-electron chi connectivity index (χ2n) is 3.42. The minimum Gasteiger partial charge on any atom is -0.286 e. The van der Waals surface area contributed by atoms with Gasteiger partial charge < -0.3 is 0 Å². The van der Waals surface area contributed by atoms with Crippen LogP contribution in [0.3, 0.4) is 0 Å². The van der Waals surface area contributed by atoms with Crippen LogP contribution >= 0.6 is 0 Å². The van der Waals surface area contributed by atoms with Crippen LogP contribution in [0, 0.1) is 0 Å². The van der Waals surface area contributed by atoms with Crippen LogP contribution in [0.4, 0.5) is 0 Å². The number of nitrogens with zero attached hydrogens (tertiary/aromatic N) is 2. The SMILES string of the molecule is C=C1C=CC2=C=C(CN=C/C=C\1)N=CC=C2. The molecule has 0 radical (unpaired) electrons. The standard InChI is InChI=1S/C14H12N2/c1-12-4-2-8-15-11-14-10-13(7-6-12)5-3-9-16-14/h2-9H,1,11H2/b4-2-,7-6?,15-8?. The number of allylic oxidation sites excluding steroid dienone is 7. The van der Waals surface area contributed by atoms with Crippen molar-refractivity contribution in [3.8, 4) is 0 Å². The van der Waals surface area contributed by atoms with E-state index in [1.54, 1.807) is 12.4 Å². The van der Waals surface area contributed by atoms with E-state index in [1.807, 2.05) is 36.5 Å². The molecule has 0 atom stereocenters. The van der Waals surface area contributed by atoms with Crippen LogP contribution in [0.15, 0.2) is 75.6 Å². The van der Waals surface area contributed by atoms with E-state index in [2.05, 4.69) is 22.3 Å². The van der Waals surface area contributed by atoms with Gasteiger partial charge in [-0.1, -0.05) is 24.5 Å². The van der Waals surface area contributed by atoms with Crippen LogP contribution in [0.1, 0.15) is 0 Å². The predicted octanol–water partition coefficient (Wildman–Crippen LogP) is 2.79. The summed E-state index contributed by atoms with van der Waals surface area (Å²) in [5.74, 6) is 0. The van der Waals surface area contributed by atoms with Gasteiger partial charge in [0.2, 0.25) is 0 Å². The minimum atomic E-state index is 0.548. The third-order valence-electron chi connectivity index (χ3n) is 2.10. The second-order valence-corrected chi connectivity index (χ2v) is 3.42. The Balaban J connectivity index is 2.43. The zero-order valence-corrected chi connectivity index (χ0v) is 8.93. The fraction of sp³-hybridized carbons (Fsp3) is 0.0714. The van der Waals surface area contributed by atoms with Gasteiger partial charge in [-0.15, -0.1) is 0 Å². The van der Waals surface area contributed by atoms with E-state index < -0.39 is 0 Å². The van der Waals surface area contributed by atoms with Crippen molar-refractivity contribution in [1.29, 1.82) is 0 Å². The third kappa shape index (κ3) is 2.91. The average molecular weight is 208 g/mol. The molecule has 0 aromatic rings. The molecule has 0 saturated carbocycles. The third-order valence-corrected chi connectivity index (χ3v) is 2.10. The maximum Gasteiger partial charge on any atom is 0.104 e. The fourth-order valence-electron chi connectivity index (χ4n) is 1.32. The minimum absolute atomic E-state index is 0.548. The Morgan fingerprint density at radius 2 is 1.94 bits per heavy atom. The van der Waals surface area contributed by atoms with Gasteiger partial charge in [-0.2, -0.15) is 0 Å². The summed E-state index contributed by atoms with van der Waals surface area (Å²) < 4.78 is 0. The molecule has 2 aliphatic heterocycles. The highest BCUT2D eigenvalue weighted by atomic mass is 14.8. The van der Waals surface area contributed by atoms with Gasteiger partial charge in [-0.05, 0) is 29.9 Å². The zero-order chi connectivity index (χ0) is 11.2. The van der Waals surface area contributed by atoms with Crippen molar-refractivity contribution >= 4 is 12.4 Å². The summed E-state index contributed by atoms with van der Waals surface area (Å²) in [6, 6.07) is 0. The quantitative estimate of drug-likeness (QED) is 0.547. The van der Waals surface area contributed by atoms with E-state index in [4.69, 9.17) is 0 Å². The van der Waals surface area contributed by atoms with Crippen molar-refractivity contribution in [1.82, 2.24) is 0 Å². The molecule has 0 N–H and O–H groups in total. The van der Waals surface area contributed by atoms with Crippen LogP contribution in [0.5, 0.6) is 0 Å². The van der Waals surface area contributed by atoms with Gasteiger partial charge in [0, 0.05) is 18.0 Å². The molecular formula is C14H12N2. The Morgan fingerprint density at radius 3 is 2.88 bits per heavy atom. The van der Waals surface area contributed by atoms with E-state index in [-0.39, 0.29) is 0 Å². The van der Waals surface area contributed by atoms with Crippen molar-refractivity contribution in [3.05, 3.63) is 65.6 Å². The van der Waals surface area contributed by atoms with Crippen molar-refractivity contribution in [2.75, 3.05) is 6.54 Å². The zero-order valence-electron chi connectivity index (χ0n) is 8.93. The average Bonchev–Trinajstić information content (AvgIpc) is 2.52. The van der Waals surface area contributed by atoms with Gasteiger partial charge in [0.15, 0.2) is 0 Å². The summed E-state index contributed by atoms with van der Waals surface area (Å²) in [5, 5.41) is 0. The first-order valence-corrected chi connectivity index (χ1v) is 5.08. The summed E-state index contributed by atoms with van der Waals surface area (Å²) in [5.41, 5.74) is 5.97. The Labute approximate surface area is 95.1 Å². The second kappa shape index (κ2) is 5.06. The van der Waals surface area contributed by atoms with Crippen LogP contribution in [0.2, 0.25) is 0 Å². The Morgan fingerprint density at radius 1 is 1.06 bits per heavy atom. The van der Waals surface area contributed by atoms with Crippen molar-refractivity contribution in [3.63, 3.8) is 0 Å². The van der Waals surface area contributed by atoms with Crippen molar-refractivity contribution < 1.29 is 0 Å². The summed E-state index contributed by atoms with van der Waals surface area (Å²) >= 11 is 0. The topological polar surface area (TPSA) is 24.7 Å². The largest absolute Gasteiger partial charge is 0.286 e. The fourth-order valence-corrected chi connectivity index (χ4v) is 1.32. The summed E-state index contributed by atoms with van der Waals surface area (Å²) in [7, 11) is 0. The molecule has 0 amide bonds. The first-order valence-electron chi connectivity index (χ1n) is 5.08. The Hall–Kier alpha value is -2.18. The lowest BCUT2D eigenvalue weighted by atomic mass is 10.2. The summed E-state index contributed by atoms with van der Waals surface area (Å²) in [4.78, 5) is 8.48. The normalized spacial score (nSPS) is 20.9. The van der Waals surface area contributed by atoms with E-state index >= 15 is 0 Å². The van der Waals surface area contributed by atoms with Gasteiger partial charge in [0.05, 0.1) is 6.54 Å². The first kappa shape index (κ1) is 10.3. The van der Waals surface area contributed by atoms with Crippen molar-refractivity contribution in [2.45, 2.75) is 0 Å². The molecule has 0 saturated heterocycles. The van der Waals surface area contributed by atoms with Crippen LogP contribution in [0.25, 0.3) is 0 Å². The molecule has 16 heavy (non-hydrogen) atoms. The highest BCUT2D eigenvalue weighted by Crippen LogP contribution is 2.08. The molecule has 0 spiro atoms. The Bertz CT molecular complexity index is 505. The molecule has 0 unspecified atom stereocenters. The molecule has 2 rings (SSSR count). The molecule has 0 aliphatic carbocycles. The lowest BCUT2D eigenvalue weighted by molar-refractivity contribution is 1.12. The predicted molar refractivity (Wildman–Crippen MR) is 69.0 cm³/mol. The number of hydrogen-bond acceptors (Lipinski definition) is 2. The van der Waals surface area contributed by atoms with Crippen LogP contribution < -0.4 is 0 Å². The lowest BCUT2D eigenvalue weighted by Gasteiger charge is -1.90. The Kier molecular flexibility index (Phi) is 3.27. The highest BCUT2D eigenvalue weighted by Gasteiger charge is 1.95. The lowest BCUT2D eigenvalue weighted by Crippen LogP contribution is -1.83. The number of hydrogen-bond donors (Lipinski definition) is 0. The smallest absolute Gasteiger partial charge is 0.104 e. The molecule has 2 aliphatic rings. The van der Waals surface area contributed by atoms with E-state index in [0.29, 0.717) is 6.54 Å². The number of rotatable bonds is 0. The molecule has 2 nitrogen and oxygen atoms in total. The summed E-state index contributed by atoms with van der Waals surface area (Å²) in [6.45, 7) is 4.46. The highest BCUT2D eigenvalue weighted by molar-refractivity contribution is 5.75. The van der Waals surface area contributed by atoms with Gasteiger partial charge in [-0.3, -0.25) is 9.98 Å². The number of aliphatic imine (C=N–C) groups is 2. The van der Waals surface area contributed by atoms with E-state index in [9.17, 15) is 0 Å². The summed E-state index contributed by atoms with van der Waals surface area (Å²) in [6.07, 6.45) is 15.1. The molecule has 0 aromatic heterocycles. The van der Waals surface area contributed by atoms with Gasteiger partial charge in [0.1, 0.15) is 5.70 Å². The maximum atomic E-state index is 4.25. The van der Waals surface area contributed by atoms with Gasteiger partial charge in [0.25, 0.3) is 0 Å². The molecule has 2 heterocycles. The first-order chi connectivity index (χ1) is 7.84. The molecule has 78 valence electrons. The van der Waals surface area contributed by atoms with E-state index in [1.165, 1.54) is 0 Å². The molecule has 0 fully saturated rings. The van der Waals surface area contributed by atoms with Crippen molar-refractivity contribution in [2.24, 2.45) is 9.98 Å².